The van der Waals surface area contributed by atoms with E-state index in [1.807, 2.05) is 0 Å². The topological polar surface area (TPSA) is 21.8 Å². The second-order valence-electron chi connectivity index (χ2n) is 7.69. The standard InChI is InChI=1S/C20H26O2Si/c1-19(2,3)23(17-11-7-5-8-12-17,18-13-9-6-10-14-18)22-16-20(4)15-21-20/h5-14H,15-16H2,1-4H3. The summed E-state index contributed by atoms with van der Waals surface area (Å²) in [7, 11) is -2.40. The highest BCUT2D eigenvalue weighted by Crippen LogP contribution is 2.38. The summed E-state index contributed by atoms with van der Waals surface area (Å²) in [5.41, 5.74) is -0.104. The zero-order chi connectivity index (χ0) is 16.6. The van der Waals surface area contributed by atoms with Gasteiger partial charge in [-0.2, -0.15) is 0 Å². The quantitative estimate of drug-likeness (QED) is 0.621. The first kappa shape index (κ1) is 16.4. The summed E-state index contributed by atoms with van der Waals surface area (Å²) in [6.07, 6.45) is 0. The van der Waals surface area contributed by atoms with E-state index in [0.29, 0.717) is 6.61 Å². The monoisotopic (exact) mass is 326 g/mol. The molecule has 1 aliphatic rings. The summed E-state index contributed by atoms with van der Waals surface area (Å²) < 4.78 is 12.4. The van der Waals surface area contributed by atoms with E-state index in [4.69, 9.17) is 9.16 Å². The van der Waals surface area contributed by atoms with Crippen molar-refractivity contribution in [3.63, 3.8) is 0 Å². The van der Waals surface area contributed by atoms with E-state index in [-0.39, 0.29) is 10.6 Å². The molecule has 1 heterocycles. The van der Waals surface area contributed by atoms with Gasteiger partial charge in [0, 0.05) is 0 Å². The van der Waals surface area contributed by atoms with Gasteiger partial charge >= 0.3 is 0 Å². The molecule has 2 aromatic carbocycles. The van der Waals surface area contributed by atoms with Gasteiger partial charge in [0.2, 0.25) is 0 Å². The van der Waals surface area contributed by atoms with Crippen LogP contribution in [0.1, 0.15) is 27.7 Å². The fourth-order valence-electron chi connectivity index (χ4n) is 3.23. The zero-order valence-electron chi connectivity index (χ0n) is 14.5. The van der Waals surface area contributed by atoms with Crippen molar-refractivity contribution in [2.24, 2.45) is 0 Å². The molecule has 1 fully saturated rings. The molecule has 3 heteroatoms. The van der Waals surface area contributed by atoms with E-state index in [2.05, 4.69) is 88.4 Å². The van der Waals surface area contributed by atoms with Gasteiger partial charge in [-0.15, -0.1) is 0 Å². The van der Waals surface area contributed by atoms with Crippen LogP contribution in [0.25, 0.3) is 0 Å². The largest absolute Gasteiger partial charge is 0.404 e. The molecule has 0 bridgehead atoms. The van der Waals surface area contributed by atoms with Crippen molar-refractivity contribution in [1.29, 1.82) is 0 Å². The lowest BCUT2D eigenvalue weighted by Crippen LogP contribution is -2.67. The van der Waals surface area contributed by atoms with Gasteiger partial charge in [0.05, 0.1) is 13.2 Å². The molecule has 1 aliphatic heterocycles. The number of rotatable bonds is 5. The van der Waals surface area contributed by atoms with Crippen LogP contribution in [0, 0.1) is 0 Å². The molecule has 1 saturated heterocycles. The van der Waals surface area contributed by atoms with Crippen molar-refractivity contribution >= 4 is 18.7 Å². The lowest BCUT2D eigenvalue weighted by atomic mass is 10.2. The van der Waals surface area contributed by atoms with Crippen LogP contribution in [0.15, 0.2) is 60.7 Å². The zero-order valence-corrected chi connectivity index (χ0v) is 15.5. The van der Waals surface area contributed by atoms with Crippen LogP contribution in [0.4, 0.5) is 0 Å². The highest BCUT2D eigenvalue weighted by molar-refractivity contribution is 6.99. The summed E-state index contributed by atoms with van der Waals surface area (Å²) in [6.45, 7) is 10.5. The van der Waals surface area contributed by atoms with Crippen molar-refractivity contribution < 1.29 is 9.16 Å². The summed E-state index contributed by atoms with van der Waals surface area (Å²) in [5, 5.41) is 2.67. The fraction of sp³-hybridized carbons (Fsp3) is 0.400. The minimum atomic E-state index is -2.40. The lowest BCUT2D eigenvalue weighted by Gasteiger charge is -2.43. The maximum atomic E-state index is 6.81. The van der Waals surface area contributed by atoms with E-state index in [1.165, 1.54) is 10.4 Å². The first-order valence-corrected chi connectivity index (χ1v) is 10.2. The molecule has 23 heavy (non-hydrogen) atoms. The van der Waals surface area contributed by atoms with Crippen LogP contribution < -0.4 is 10.4 Å². The second-order valence-corrected chi connectivity index (χ2v) is 12.0. The number of epoxide rings is 1. The van der Waals surface area contributed by atoms with E-state index in [9.17, 15) is 0 Å². The Hall–Kier alpha value is -1.42. The summed E-state index contributed by atoms with van der Waals surface area (Å²) in [6, 6.07) is 21.5. The molecule has 0 aliphatic carbocycles. The molecule has 2 aromatic rings. The summed E-state index contributed by atoms with van der Waals surface area (Å²) in [5.74, 6) is 0. The molecule has 0 saturated carbocycles. The number of hydrogen-bond donors (Lipinski definition) is 0. The fourth-order valence-corrected chi connectivity index (χ4v) is 7.91. The van der Waals surface area contributed by atoms with Gasteiger partial charge in [0.25, 0.3) is 8.32 Å². The van der Waals surface area contributed by atoms with Crippen LogP contribution in [0.2, 0.25) is 5.04 Å². The maximum absolute atomic E-state index is 6.81. The van der Waals surface area contributed by atoms with Gasteiger partial charge in [-0.3, -0.25) is 0 Å². The Kier molecular flexibility index (Phi) is 4.21. The van der Waals surface area contributed by atoms with Crippen molar-refractivity contribution in [2.45, 2.75) is 38.3 Å². The van der Waals surface area contributed by atoms with Gasteiger partial charge in [0.1, 0.15) is 5.60 Å². The van der Waals surface area contributed by atoms with Gasteiger partial charge in [-0.05, 0) is 22.3 Å². The normalized spacial score (nSPS) is 21.2. The van der Waals surface area contributed by atoms with Crippen LogP contribution in [-0.2, 0) is 9.16 Å². The van der Waals surface area contributed by atoms with Gasteiger partial charge in [-0.1, -0.05) is 81.4 Å². The minimum absolute atomic E-state index is 0.0287. The third-order valence-corrected chi connectivity index (χ3v) is 9.63. The molecular formula is C20H26O2Si. The average Bonchev–Trinajstić information content (AvgIpc) is 3.27. The summed E-state index contributed by atoms with van der Waals surface area (Å²) in [4.78, 5) is 0. The first-order valence-electron chi connectivity index (χ1n) is 8.26. The van der Waals surface area contributed by atoms with Crippen LogP contribution >= 0.6 is 0 Å². The number of hydrogen-bond acceptors (Lipinski definition) is 2. The Balaban J connectivity index is 2.13. The molecule has 0 N–H and O–H groups in total. The van der Waals surface area contributed by atoms with E-state index in [0.717, 1.165) is 6.61 Å². The molecule has 0 radical (unpaired) electrons. The molecule has 0 aromatic heterocycles. The van der Waals surface area contributed by atoms with Crippen LogP contribution in [0.5, 0.6) is 0 Å². The van der Waals surface area contributed by atoms with E-state index < -0.39 is 8.32 Å². The van der Waals surface area contributed by atoms with Crippen molar-refractivity contribution in [3.05, 3.63) is 60.7 Å². The molecule has 122 valence electrons. The van der Waals surface area contributed by atoms with Crippen molar-refractivity contribution in [2.75, 3.05) is 13.2 Å². The highest BCUT2D eigenvalue weighted by Gasteiger charge is 2.52. The summed E-state index contributed by atoms with van der Waals surface area (Å²) >= 11 is 0. The van der Waals surface area contributed by atoms with Gasteiger partial charge in [0.15, 0.2) is 0 Å². The van der Waals surface area contributed by atoms with Gasteiger partial charge in [-0.25, -0.2) is 0 Å². The molecular weight excluding hydrogens is 300 g/mol. The molecule has 0 spiro atoms. The maximum Gasteiger partial charge on any atom is 0.261 e. The molecule has 2 nitrogen and oxygen atoms in total. The Labute approximate surface area is 140 Å². The smallest absolute Gasteiger partial charge is 0.261 e. The van der Waals surface area contributed by atoms with E-state index >= 15 is 0 Å². The Morgan fingerprint density at radius 3 is 1.74 bits per heavy atom. The third kappa shape index (κ3) is 3.14. The Bertz CT molecular complexity index is 603. The Morgan fingerprint density at radius 2 is 1.39 bits per heavy atom. The van der Waals surface area contributed by atoms with Crippen LogP contribution in [0.3, 0.4) is 0 Å². The molecule has 0 amide bonds. The number of benzene rings is 2. The SMILES string of the molecule is CC1(CO[Si](c2ccccc2)(c2ccccc2)C(C)(C)C)CO1. The molecule has 1 atom stereocenters. The molecule has 1 unspecified atom stereocenters. The Morgan fingerprint density at radius 1 is 0.957 bits per heavy atom. The predicted octanol–water partition coefficient (Wildman–Crippen LogP) is 3.35. The van der Waals surface area contributed by atoms with Gasteiger partial charge < -0.3 is 9.16 Å². The lowest BCUT2D eigenvalue weighted by molar-refractivity contribution is 0.193. The molecule has 3 rings (SSSR count). The third-order valence-electron chi connectivity index (χ3n) is 4.65. The van der Waals surface area contributed by atoms with E-state index in [1.54, 1.807) is 0 Å². The second kappa shape index (κ2) is 5.89. The number of ether oxygens (including phenoxy) is 1. The average molecular weight is 327 g/mol. The minimum Gasteiger partial charge on any atom is -0.404 e. The van der Waals surface area contributed by atoms with Crippen molar-refractivity contribution in [1.82, 2.24) is 0 Å². The highest BCUT2D eigenvalue weighted by atomic mass is 28.4. The first-order chi connectivity index (χ1) is 10.9. The van der Waals surface area contributed by atoms with Crippen LogP contribution in [-0.4, -0.2) is 27.1 Å². The predicted molar refractivity (Wildman–Crippen MR) is 97.9 cm³/mol. The van der Waals surface area contributed by atoms with Crippen molar-refractivity contribution in [3.8, 4) is 0 Å².